The summed E-state index contributed by atoms with van der Waals surface area (Å²) < 4.78 is -0.701. The number of halogens is 1. The molecule has 0 aromatic carbocycles. The van der Waals surface area contributed by atoms with Gasteiger partial charge in [0, 0.05) is 36.3 Å². The summed E-state index contributed by atoms with van der Waals surface area (Å²) in [6.07, 6.45) is 7.25. The number of aliphatic hydroxyl groups is 1. The Kier molecular flexibility index (Phi) is 10.1. The molecule has 1 spiro atoms. The predicted octanol–water partition coefficient (Wildman–Crippen LogP) is 3.46. The fraction of sp³-hybridized carbons (Fsp3) is 0.741. The summed E-state index contributed by atoms with van der Waals surface area (Å²) in [5.41, 5.74) is 0. The minimum Gasteiger partial charge on any atom is -0.394 e. The van der Waals surface area contributed by atoms with Gasteiger partial charge in [0.2, 0.25) is 17.7 Å². The third-order valence-corrected chi connectivity index (χ3v) is 11.1. The lowest BCUT2D eigenvalue weighted by Crippen LogP contribution is -2.58. The topological polar surface area (TPSA) is 81.2 Å². The average Bonchev–Trinajstić information content (AvgIpc) is 3.45. The molecule has 0 saturated carbocycles. The smallest absolute Gasteiger partial charge is 0.247 e. The number of thioether (sulfide) groups is 1. The highest BCUT2D eigenvalue weighted by Crippen LogP contribution is 2.68. The predicted molar refractivity (Wildman–Crippen MR) is 149 cm³/mol. The van der Waals surface area contributed by atoms with Crippen LogP contribution in [-0.2, 0) is 14.4 Å². The number of amides is 3. The SMILES string of the molecule is C=CCN(CCCC)C(=O)C1N([C@@H](CC)CO)C(=O)[C@@H]2[C@H](C(=O)N(CC=C)CCC)[C@H]3SC12CC3Br. The van der Waals surface area contributed by atoms with Crippen LogP contribution in [-0.4, -0.2) is 97.2 Å². The number of carbonyl (C=O) groups excluding carboxylic acids is 3. The summed E-state index contributed by atoms with van der Waals surface area (Å²) in [7, 11) is 0. The fourth-order valence-electron chi connectivity index (χ4n) is 6.33. The second kappa shape index (κ2) is 12.5. The second-order valence-corrected chi connectivity index (χ2v) is 12.9. The summed E-state index contributed by atoms with van der Waals surface area (Å²) in [6, 6.07) is -1.18. The van der Waals surface area contributed by atoms with E-state index in [2.05, 4.69) is 36.0 Å². The standard InChI is InChI=1S/C27H42BrN3O4S/c1-6-11-15-30(14-9-4)26(35)23-27-16-19(28)22(36-27)20(24(33)29(12-7-2)13-8-3)21(27)25(34)31(23)18(10-5)17-32/h7,9,18-23,32H,2,4,6,8,10-17H2,1,3,5H3/t18-,19?,20-,21-,22-,23?,27?/m0/s1. The molecule has 3 rings (SSSR count). The van der Waals surface area contributed by atoms with Crippen LogP contribution in [0.4, 0.5) is 0 Å². The molecule has 2 bridgehead atoms. The first-order valence-corrected chi connectivity index (χ1v) is 15.1. The Labute approximate surface area is 228 Å². The first kappa shape index (κ1) is 29.2. The van der Waals surface area contributed by atoms with Crippen molar-refractivity contribution in [2.45, 2.75) is 79.8 Å². The van der Waals surface area contributed by atoms with Crippen molar-refractivity contribution in [2.24, 2.45) is 11.8 Å². The molecule has 0 aliphatic carbocycles. The maximum absolute atomic E-state index is 14.2. The Morgan fingerprint density at radius 3 is 2.33 bits per heavy atom. The molecular weight excluding hydrogens is 542 g/mol. The van der Waals surface area contributed by atoms with Crippen molar-refractivity contribution in [1.82, 2.24) is 14.7 Å². The zero-order valence-corrected chi connectivity index (χ0v) is 24.3. The molecule has 0 aromatic rings. The van der Waals surface area contributed by atoms with Gasteiger partial charge in [-0.25, -0.2) is 0 Å². The fourth-order valence-corrected chi connectivity index (χ4v) is 9.92. The Morgan fingerprint density at radius 2 is 1.81 bits per heavy atom. The molecule has 3 fully saturated rings. The highest BCUT2D eigenvalue weighted by Gasteiger charge is 2.76. The number of hydrogen-bond donors (Lipinski definition) is 1. The molecule has 0 radical (unpaired) electrons. The lowest BCUT2D eigenvalue weighted by atomic mass is 9.70. The van der Waals surface area contributed by atoms with E-state index < -0.39 is 28.7 Å². The number of aliphatic hydroxyl groups excluding tert-OH is 1. The van der Waals surface area contributed by atoms with E-state index in [1.54, 1.807) is 38.6 Å². The van der Waals surface area contributed by atoms with Crippen molar-refractivity contribution >= 4 is 45.4 Å². The molecule has 3 heterocycles. The van der Waals surface area contributed by atoms with Crippen molar-refractivity contribution in [2.75, 3.05) is 32.8 Å². The molecule has 36 heavy (non-hydrogen) atoms. The monoisotopic (exact) mass is 583 g/mol. The molecule has 202 valence electrons. The van der Waals surface area contributed by atoms with Crippen LogP contribution in [0.1, 0.15) is 52.9 Å². The summed E-state index contributed by atoms with van der Waals surface area (Å²) >= 11 is 5.48. The van der Waals surface area contributed by atoms with Crippen molar-refractivity contribution in [3.05, 3.63) is 25.3 Å². The number of alkyl halides is 1. The van der Waals surface area contributed by atoms with E-state index in [0.29, 0.717) is 39.0 Å². The zero-order chi connectivity index (χ0) is 26.6. The van der Waals surface area contributed by atoms with Gasteiger partial charge < -0.3 is 19.8 Å². The normalized spacial score (nSPS) is 31.3. The van der Waals surface area contributed by atoms with Crippen LogP contribution >= 0.6 is 27.7 Å². The van der Waals surface area contributed by atoms with Gasteiger partial charge in [-0.15, -0.1) is 24.9 Å². The van der Waals surface area contributed by atoms with Crippen LogP contribution < -0.4 is 0 Å². The molecule has 3 aliphatic heterocycles. The van der Waals surface area contributed by atoms with Crippen LogP contribution in [0.3, 0.4) is 0 Å². The molecule has 3 amide bonds. The molecule has 1 N–H and O–H groups in total. The van der Waals surface area contributed by atoms with Crippen LogP contribution in [0, 0.1) is 11.8 Å². The van der Waals surface area contributed by atoms with Crippen LogP contribution in [0.2, 0.25) is 0 Å². The van der Waals surface area contributed by atoms with E-state index in [-0.39, 0.29) is 34.4 Å². The highest BCUT2D eigenvalue weighted by molar-refractivity contribution is 9.09. The molecule has 0 aromatic heterocycles. The van der Waals surface area contributed by atoms with Crippen LogP contribution in [0.15, 0.2) is 25.3 Å². The summed E-state index contributed by atoms with van der Waals surface area (Å²) in [4.78, 5) is 47.7. The minimum absolute atomic E-state index is 0.0284. The second-order valence-electron chi connectivity index (χ2n) is 10.2. The number of rotatable bonds is 14. The molecule has 3 unspecified atom stereocenters. The minimum atomic E-state index is -0.712. The first-order chi connectivity index (χ1) is 17.3. The van der Waals surface area contributed by atoms with Gasteiger partial charge in [0.1, 0.15) is 6.04 Å². The summed E-state index contributed by atoms with van der Waals surface area (Å²) in [5, 5.41) is 10.2. The number of hydrogen-bond acceptors (Lipinski definition) is 5. The number of carbonyl (C=O) groups is 3. The number of likely N-dealkylation sites (tertiary alicyclic amines) is 1. The zero-order valence-electron chi connectivity index (χ0n) is 21.9. The quantitative estimate of drug-likeness (QED) is 0.250. The van der Waals surface area contributed by atoms with Gasteiger partial charge in [-0.05, 0) is 25.7 Å². The van der Waals surface area contributed by atoms with Gasteiger partial charge in [0.15, 0.2) is 0 Å². The Balaban J connectivity index is 2.10. The van der Waals surface area contributed by atoms with Crippen LogP contribution in [0.25, 0.3) is 0 Å². The first-order valence-electron chi connectivity index (χ1n) is 13.3. The Morgan fingerprint density at radius 1 is 1.17 bits per heavy atom. The molecule has 7 nitrogen and oxygen atoms in total. The molecule has 3 aliphatic rings. The van der Waals surface area contributed by atoms with E-state index in [1.165, 1.54) is 0 Å². The van der Waals surface area contributed by atoms with Gasteiger partial charge >= 0.3 is 0 Å². The summed E-state index contributed by atoms with van der Waals surface area (Å²) in [6.45, 7) is 15.5. The van der Waals surface area contributed by atoms with Gasteiger partial charge in [-0.1, -0.05) is 55.3 Å². The van der Waals surface area contributed by atoms with Crippen molar-refractivity contribution in [3.8, 4) is 0 Å². The highest BCUT2D eigenvalue weighted by atomic mass is 79.9. The molecule has 7 atom stereocenters. The Bertz CT molecular complexity index is 853. The largest absolute Gasteiger partial charge is 0.394 e. The van der Waals surface area contributed by atoms with Gasteiger partial charge in [-0.3, -0.25) is 14.4 Å². The van der Waals surface area contributed by atoms with Gasteiger partial charge in [0.05, 0.1) is 29.2 Å². The van der Waals surface area contributed by atoms with Crippen molar-refractivity contribution in [1.29, 1.82) is 0 Å². The molecular formula is C27H42BrN3O4S. The molecule has 9 heteroatoms. The van der Waals surface area contributed by atoms with Gasteiger partial charge in [-0.2, -0.15) is 0 Å². The van der Waals surface area contributed by atoms with Gasteiger partial charge in [0.25, 0.3) is 0 Å². The number of nitrogens with zero attached hydrogens (tertiary/aromatic N) is 3. The third kappa shape index (κ3) is 4.92. The maximum atomic E-state index is 14.2. The van der Waals surface area contributed by atoms with E-state index >= 15 is 0 Å². The maximum Gasteiger partial charge on any atom is 0.247 e. The Hall–Kier alpha value is -1.32. The summed E-state index contributed by atoms with van der Waals surface area (Å²) in [5.74, 6) is -1.37. The molecule has 3 saturated heterocycles. The van der Waals surface area contributed by atoms with Crippen LogP contribution in [0.5, 0.6) is 0 Å². The lowest BCUT2D eigenvalue weighted by Gasteiger charge is -2.40. The van der Waals surface area contributed by atoms with Crippen molar-refractivity contribution < 1.29 is 19.5 Å². The average molecular weight is 585 g/mol. The number of unbranched alkanes of at least 4 members (excludes halogenated alkanes) is 1. The lowest BCUT2D eigenvalue weighted by molar-refractivity contribution is -0.147. The van der Waals surface area contributed by atoms with E-state index in [1.807, 2.05) is 13.8 Å². The van der Waals surface area contributed by atoms with Crippen molar-refractivity contribution in [3.63, 3.8) is 0 Å². The number of fused-ring (bicyclic) bond motifs is 1. The van der Waals surface area contributed by atoms with E-state index in [9.17, 15) is 19.5 Å². The third-order valence-electron chi connectivity index (χ3n) is 7.92. The van der Waals surface area contributed by atoms with E-state index in [4.69, 9.17) is 0 Å². The van der Waals surface area contributed by atoms with E-state index in [0.717, 1.165) is 19.3 Å².